The second-order valence-corrected chi connectivity index (χ2v) is 6.60. The van der Waals surface area contributed by atoms with Crippen LogP contribution in [-0.4, -0.2) is 10.1 Å². The van der Waals surface area contributed by atoms with E-state index in [0.717, 1.165) is 35.6 Å². The molecule has 1 aliphatic rings. The number of thioether (sulfide) groups is 1. The van der Waals surface area contributed by atoms with E-state index in [1.165, 1.54) is 0 Å². The fourth-order valence-corrected chi connectivity index (χ4v) is 3.28. The zero-order valence-electron chi connectivity index (χ0n) is 11.4. The van der Waals surface area contributed by atoms with Gasteiger partial charge in [-0.15, -0.1) is 24.2 Å². The van der Waals surface area contributed by atoms with Crippen molar-refractivity contribution >= 4 is 35.8 Å². The lowest BCUT2D eigenvalue weighted by Crippen LogP contribution is -2.34. The van der Waals surface area contributed by atoms with Crippen LogP contribution in [0.5, 0.6) is 0 Å². The molecule has 0 bridgehead atoms. The van der Waals surface area contributed by atoms with Gasteiger partial charge in [0.2, 0.25) is 5.89 Å². The summed E-state index contributed by atoms with van der Waals surface area (Å²) in [6.07, 6.45) is 4.16. The summed E-state index contributed by atoms with van der Waals surface area (Å²) in [5, 5.41) is 4.79. The van der Waals surface area contributed by atoms with Crippen LogP contribution in [0.25, 0.3) is 0 Å². The summed E-state index contributed by atoms with van der Waals surface area (Å²) in [4.78, 5) is 5.57. The third kappa shape index (κ3) is 3.92. The Labute approximate surface area is 139 Å². The minimum atomic E-state index is -0.382. The number of hydrogen-bond acceptors (Lipinski definition) is 5. The fraction of sp³-hybridized carbons (Fsp3) is 0.429. The number of hydrogen-bond donors (Lipinski definition) is 1. The van der Waals surface area contributed by atoms with Crippen LogP contribution < -0.4 is 5.73 Å². The SMILES string of the molecule is Cl.NC1(c2noc(CSc3ccc(Cl)cc3)n2)CCCC1. The highest BCUT2D eigenvalue weighted by Gasteiger charge is 2.35. The molecule has 0 aliphatic heterocycles. The van der Waals surface area contributed by atoms with Gasteiger partial charge in [0.15, 0.2) is 5.82 Å². The molecule has 1 heterocycles. The van der Waals surface area contributed by atoms with E-state index >= 15 is 0 Å². The van der Waals surface area contributed by atoms with Crippen molar-refractivity contribution < 1.29 is 4.52 Å². The molecule has 21 heavy (non-hydrogen) atoms. The van der Waals surface area contributed by atoms with Crippen LogP contribution in [0.3, 0.4) is 0 Å². The third-order valence-corrected chi connectivity index (χ3v) is 4.83. The van der Waals surface area contributed by atoms with Crippen LogP contribution in [0.2, 0.25) is 5.02 Å². The average Bonchev–Trinajstić information content (AvgIpc) is 3.08. The van der Waals surface area contributed by atoms with Crippen molar-refractivity contribution in [1.29, 1.82) is 0 Å². The maximum atomic E-state index is 6.31. The van der Waals surface area contributed by atoms with Gasteiger partial charge in [0.25, 0.3) is 0 Å². The second-order valence-electron chi connectivity index (χ2n) is 5.12. The molecular weight excluding hydrogens is 329 g/mol. The average molecular weight is 346 g/mol. The molecule has 2 N–H and O–H groups in total. The molecule has 114 valence electrons. The number of nitrogens with two attached hydrogens (primary N) is 1. The van der Waals surface area contributed by atoms with Crippen LogP contribution in [0.15, 0.2) is 33.7 Å². The Hall–Kier alpha value is -0.750. The van der Waals surface area contributed by atoms with Crippen molar-refractivity contribution in [3.63, 3.8) is 0 Å². The highest BCUT2D eigenvalue weighted by Crippen LogP contribution is 2.35. The molecule has 1 fully saturated rings. The Kier molecular flexibility index (Phi) is 5.54. The lowest BCUT2D eigenvalue weighted by molar-refractivity contribution is 0.355. The fourth-order valence-electron chi connectivity index (χ4n) is 2.42. The maximum Gasteiger partial charge on any atom is 0.237 e. The lowest BCUT2D eigenvalue weighted by atomic mass is 9.99. The van der Waals surface area contributed by atoms with Gasteiger partial charge in [-0.3, -0.25) is 0 Å². The highest BCUT2D eigenvalue weighted by molar-refractivity contribution is 7.98. The van der Waals surface area contributed by atoms with Crippen LogP contribution in [-0.2, 0) is 11.3 Å². The van der Waals surface area contributed by atoms with Crippen LogP contribution in [0.1, 0.15) is 37.4 Å². The minimum Gasteiger partial charge on any atom is -0.338 e. The van der Waals surface area contributed by atoms with Gasteiger partial charge in [0.1, 0.15) is 0 Å². The maximum absolute atomic E-state index is 6.31. The van der Waals surface area contributed by atoms with Crippen molar-refractivity contribution in [2.45, 2.75) is 41.9 Å². The standard InChI is InChI=1S/C14H16ClN3OS.ClH/c15-10-3-5-11(6-4-10)20-9-12-17-13(18-19-12)14(16)7-1-2-8-14;/h3-6H,1-2,7-9,16H2;1H. The number of nitrogens with zero attached hydrogens (tertiary/aromatic N) is 2. The third-order valence-electron chi connectivity index (χ3n) is 3.59. The number of benzene rings is 1. The van der Waals surface area contributed by atoms with Crippen LogP contribution in [0, 0.1) is 0 Å². The molecule has 1 saturated carbocycles. The van der Waals surface area contributed by atoms with Gasteiger partial charge in [-0.1, -0.05) is 29.6 Å². The summed E-state index contributed by atoms with van der Waals surface area (Å²) in [7, 11) is 0. The first-order valence-corrected chi connectivity index (χ1v) is 8.02. The van der Waals surface area contributed by atoms with Gasteiger partial charge in [0.05, 0.1) is 11.3 Å². The quantitative estimate of drug-likeness (QED) is 0.842. The summed E-state index contributed by atoms with van der Waals surface area (Å²) in [5.74, 6) is 1.92. The first-order chi connectivity index (χ1) is 9.66. The van der Waals surface area contributed by atoms with E-state index in [0.29, 0.717) is 17.5 Å². The molecule has 1 aliphatic carbocycles. The van der Waals surface area contributed by atoms with Gasteiger partial charge in [0, 0.05) is 9.92 Å². The number of halogens is 2. The van der Waals surface area contributed by atoms with E-state index in [1.54, 1.807) is 11.8 Å². The van der Waals surface area contributed by atoms with Crippen molar-refractivity contribution in [2.24, 2.45) is 5.73 Å². The van der Waals surface area contributed by atoms with Gasteiger partial charge >= 0.3 is 0 Å². The van der Waals surface area contributed by atoms with Gasteiger partial charge in [-0.2, -0.15) is 4.98 Å². The topological polar surface area (TPSA) is 64.9 Å². The van der Waals surface area contributed by atoms with Crippen molar-refractivity contribution in [2.75, 3.05) is 0 Å². The number of rotatable bonds is 4. The Bertz CT molecular complexity index is 582. The van der Waals surface area contributed by atoms with E-state index in [9.17, 15) is 0 Å². The molecule has 4 nitrogen and oxygen atoms in total. The smallest absolute Gasteiger partial charge is 0.237 e. The Balaban J connectivity index is 0.00000161. The zero-order valence-corrected chi connectivity index (χ0v) is 13.8. The molecule has 1 aromatic carbocycles. The van der Waals surface area contributed by atoms with Gasteiger partial charge in [-0.05, 0) is 37.1 Å². The monoisotopic (exact) mass is 345 g/mol. The summed E-state index contributed by atoms with van der Waals surface area (Å²) >= 11 is 7.50. The summed E-state index contributed by atoms with van der Waals surface area (Å²) < 4.78 is 5.30. The molecule has 0 radical (unpaired) electrons. The van der Waals surface area contributed by atoms with Gasteiger partial charge < -0.3 is 10.3 Å². The summed E-state index contributed by atoms with van der Waals surface area (Å²) in [5.41, 5.74) is 5.93. The molecule has 0 amide bonds. The molecule has 7 heteroatoms. The van der Waals surface area contributed by atoms with Gasteiger partial charge in [-0.25, -0.2) is 0 Å². The van der Waals surface area contributed by atoms with Crippen LogP contribution >= 0.6 is 35.8 Å². The minimum absolute atomic E-state index is 0. The first-order valence-electron chi connectivity index (χ1n) is 6.66. The normalized spacial score (nSPS) is 16.7. The van der Waals surface area contributed by atoms with E-state index in [1.807, 2.05) is 24.3 Å². The lowest BCUT2D eigenvalue weighted by Gasteiger charge is -2.17. The Morgan fingerprint density at radius 1 is 1.24 bits per heavy atom. The molecule has 1 aromatic heterocycles. The molecule has 0 atom stereocenters. The molecular formula is C14H17Cl2N3OS. The Morgan fingerprint density at radius 2 is 1.90 bits per heavy atom. The van der Waals surface area contributed by atoms with E-state index in [4.69, 9.17) is 21.9 Å². The predicted octanol–water partition coefficient (Wildman–Crippen LogP) is 4.17. The summed E-state index contributed by atoms with van der Waals surface area (Å²) in [6, 6.07) is 7.70. The molecule has 3 rings (SSSR count). The first kappa shape index (κ1) is 16.6. The van der Waals surface area contributed by atoms with E-state index in [2.05, 4.69) is 10.1 Å². The van der Waals surface area contributed by atoms with Crippen LogP contribution in [0.4, 0.5) is 0 Å². The zero-order chi connectivity index (χ0) is 14.0. The largest absolute Gasteiger partial charge is 0.338 e. The second kappa shape index (κ2) is 7.01. The molecule has 0 saturated heterocycles. The number of aromatic nitrogens is 2. The van der Waals surface area contributed by atoms with E-state index < -0.39 is 0 Å². The molecule has 0 unspecified atom stereocenters. The van der Waals surface area contributed by atoms with Crippen molar-refractivity contribution in [1.82, 2.24) is 10.1 Å². The van der Waals surface area contributed by atoms with E-state index in [-0.39, 0.29) is 17.9 Å². The Morgan fingerprint density at radius 3 is 2.57 bits per heavy atom. The van der Waals surface area contributed by atoms with Crippen molar-refractivity contribution in [3.05, 3.63) is 41.0 Å². The predicted molar refractivity (Wildman–Crippen MR) is 86.9 cm³/mol. The highest BCUT2D eigenvalue weighted by atomic mass is 35.5. The molecule has 0 spiro atoms. The molecule has 2 aromatic rings. The van der Waals surface area contributed by atoms with Crippen molar-refractivity contribution in [3.8, 4) is 0 Å². The summed E-state index contributed by atoms with van der Waals surface area (Å²) in [6.45, 7) is 0.